The lowest BCUT2D eigenvalue weighted by Gasteiger charge is -2.29. The molecule has 0 unspecified atom stereocenters. The zero-order valence-corrected chi connectivity index (χ0v) is 13.9. The number of piperidine rings is 1. The number of halogens is 3. The number of aromatic nitrogens is 5. The van der Waals surface area contributed by atoms with E-state index in [4.69, 9.17) is 13.7 Å². The second-order valence-corrected chi connectivity index (χ2v) is 5.40. The van der Waals surface area contributed by atoms with Crippen LogP contribution in [0.5, 0.6) is 0 Å². The Balaban J connectivity index is 0.00000420. The van der Waals surface area contributed by atoms with E-state index in [1.165, 1.54) is 24.9 Å². The van der Waals surface area contributed by atoms with E-state index in [1.54, 1.807) is 0 Å². The van der Waals surface area contributed by atoms with Crippen molar-refractivity contribution in [3.8, 4) is 5.82 Å². The number of hydrogen-bond acceptors (Lipinski definition) is 6. The van der Waals surface area contributed by atoms with E-state index in [0.717, 1.165) is 10.7 Å². The summed E-state index contributed by atoms with van der Waals surface area (Å²) in [5, 5.41) is 6.49. The van der Waals surface area contributed by atoms with Crippen LogP contribution >= 0.6 is 0 Å². The summed E-state index contributed by atoms with van der Waals surface area (Å²) in [4.78, 5) is 11.6. The molecule has 0 atom stereocenters. The topological polar surface area (TPSA) is 71.8 Å². The van der Waals surface area contributed by atoms with Gasteiger partial charge in [0.25, 0.3) is 0 Å². The smallest absolute Gasteiger partial charge is 0.371 e. The number of nitrogens with one attached hydrogen (secondary N) is 1. The first kappa shape index (κ1) is 9.85. The lowest BCUT2D eigenvalue weighted by atomic mass is 10.1. The first-order valence-electron chi connectivity index (χ1n) is 12.7. The van der Waals surface area contributed by atoms with Crippen molar-refractivity contribution < 1.29 is 28.3 Å². The van der Waals surface area contributed by atoms with Crippen molar-refractivity contribution in [3.63, 3.8) is 0 Å². The zero-order chi connectivity index (χ0) is 28.5. The molecule has 0 spiro atoms. The molecule has 1 fully saturated rings. The van der Waals surface area contributed by atoms with Crippen LogP contribution in [0, 0.1) is 0 Å². The van der Waals surface area contributed by atoms with Crippen molar-refractivity contribution in [2.24, 2.45) is 0 Å². The van der Waals surface area contributed by atoms with E-state index in [1.807, 2.05) is 0 Å². The van der Waals surface area contributed by atoms with Crippen LogP contribution in [0.4, 0.5) is 30.5 Å². The standard InChI is InChI=1S/C18H18F3N7.H2/c19-18(20,21)13-8-14(10-15(9-13)27-6-2-1-3-7-27)25-17-24-12-28(26-17)16-11-22-4-5-23-16;/h4-5,8-12H,1-3,6-7H2,(H,25,26);1H/i1D2,2D2,3D2,6D2,7D2;. The first-order valence-corrected chi connectivity index (χ1v) is 7.73. The van der Waals surface area contributed by atoms with Gasteiger partial charge in [0.1, 0.15) is 6.33 Å². The summed E-state index contributed by atoms with van der Waals surface area (Å²) in [6.07, 6.45) is -10.9. The second kappa shape index (κ2) is 7.45. The molecule has 10 heteroatoms. The molecule has 2 aromatic heterocycles. The molecule has 0 saturated carbocycles. The van der Waals surface area contributed by atoms with Crippen molar-refractivity contribution in [2.75, 3.05) is 23.2 Å². The monoisotopic (exact) mass is 401 g/mol. The van der Waals surface area contributed by atoms with Crippen LogP contribution < -0.4 is 10.2 Å². The van der Waals surface area contributed by atoms with Crippen molar-refractivity contribution in [2.45, 2.75) is 25.3 Å². The first-order chi connectivity index (χ1) is 17.2. The number of anilines is 3. The summed E-state index contributed by atoms with van der Waals surface area (Å²) >= 11 is 0. The van der Waals surface area contributed by atoms with Crippen LogP contribution in [0.2, 0.25) is 0 Å². The van der Waals surface area contributed by atoms with Crippen LogP contribution in [0.3, 0.4) is 0 Å². The summed E-state index contributed by atoms with van der Waals surface area (Å²) in [5.41, 5.74) is -2.74. The predicted octanol–water partition coefficient (Wildman–Crippen LogP) is 4.06. The van der Waals surface area contributed by atoms with E-state index >= 15 is 0 Å². The fourth-order valence-electron chi connectivity index (χ4n) is 2.30. The highest BCUT2D eigenvalue weighted by atomic mass is 19.4. The Kier molecular flexibility index (Phi) is 2.62. The molecule has 1 aliphatic rings. The highest BCUT2D eigenvalue weighted by molar-refractivity contribution is 5.64. The summed E-state index contributed by atoms with van der Waals surface area (Å²) in [7, 11) is 0. The van der Waals surface area contributed by atoms with E-state index in [-0.39, 0.29) is 18.1 Å². The molecule has 148 valence electrons. The van der Waals surface area contributed by atoms with Gasteiger partial charge in [-0.05, 0) is 37.3 Å². The number of nitrogens with zero attached hydrogens (tertiary/aromatic N) is 6. The minimum atomic E-state index is -5.04. The minimum absolute atomic E-state index is 0. The SMILES string of the molecule is [2H]C1([2H])N(c2cc(Nc3ncn(-c4cnccn4)n3)cc(C(F)(F)F)c2)C([2H])([2H])C([2H])([2H])C([2H])([2H])C1([2H])[2H].[HH]. The Bertz CT molecular complexity index is 1320. The quantitative estimate of drug-likeness (QED) is 0.711. The molecule has 1 saturated heterocycles. The van der Waals surface area contributed by atoms with Gasteiger partial charge in [-0.3, -0.25) is 4.98 Å². The third-order valence-corrected chi connectivity index (χ3v) is 3.50. The molecule has 4 rings (SSSR count). The fraction of sp³-hybridized carbons (Fsp3) is 0.333. The van der Waals surface area contributed by atoms with E-state index in [2.05, 4.69) is 25.4 Å². The van der Waals surface area contributed by atoms with Crippen LogP contribution in [0.1, 0.15) is 39.8 Å². The maximum Gasteiger partial charge on any atom is 0.416 e. The fourth-order valence-corrected chi connectivity index (χ4v) is 2.30. The van der Waals surface area contributed by atoms with E-state index < -0.39 is 55.2 Å². The van der Waals surface area contributed by atoms with Gasteiger partial charge in [-0.2, -0.15) is 22.8 Å². The molecule has 3 aromatic rings. The Hall–Kier alpha value is -3.17. The van der Waals surface area contributed by atoms with Crippen LogP contribution in [0.25, 0.3) is 5.82 Å². The Morgan fingerprint density at radius 3 is 2.61 bits per heavy atom. The van der Waals surface area contributed by atoms with Gasteiger partial charge >= 0.3 is 6.18 Å². The maximum absolute atomic E-state index is 13.8. The highest BCUT2D eigenvalue weighted by Crippen LogP contribution is 2.35. The molecule has 0 radical (unpaired) electrons. The molecule has 7 nitrogen and oxygen atoms in total. The number of alkyl halides is 3. The lowest BCUT2D eigenvalue weighted by molar-refractivity contribution is -0.137. The van der Waals surface area contributed by atoms with Gasteiger partial charge in [0, 0.05) is 51.9 Å². The lowest BCUT2D eigenvalue weighted by Crippen LogP contribution is -2.29. The summed E-state index contributed by atoms with van der Waals surface area (Å²) in [6, 6.07) is 1.73. The molecule has 1 aromatic carbocycles. The van der Waals surface area contributed by atoms with Crippen molar-refractivity contribution in [1.82, 2.24) is 24.7 Å². The van der Waals surface area contributed by atoms with Gasteiger partial charge in [-0.25, -0.2) is 4.98 Å². The predicted molar refractivity (Wildman–Crippen MR) is 99.9 cm³/mol. The normalized spacial score (nSPS) is 29.2. The van der Waals surface area contributed by atoms with Gasteiger partial charge in [0.2, 0.25) is 5.95 Å². The van der Waals surface area contributed by atoms with Crippen LogP contribution in [0.15, 0.2) is 43.1 Å². The molecular weight excluding hydrogens is 371 g/mol. The molecule has 28 heavy (non-hydrogen) atoms. The average Bonchev–Trinajstić information content (AvgIpc) is 3.26. The third-order valence-electron chi connectivity index (χ3n) is 3.50. The van der Waals surface area contributed by atoms with Gasteiger partial charge in [0.05, 0.1) is 11.8 Å². The highest BCUT2D eigenvalue weighted by Gasteiger charge is 2.32. The molecular formula is C18H20F3N7. The van der Waals surface area contributed by atoms with Crippen molar-refractivity contribution >= 4 is 17.3 Å². The number of rotatable bonds is 4. The Labute approximate surface area is 174 Å². The van der Waals surface area contributed by atoms with E-state index in [0.29, 0.717) is 12.1 Å². The average molecular weight is 401 g/mol. The maximum atomic E-state index is 13.8. The van der Waals surface area contributed by atoms with E-state index in [9.17, 15) is 13.2 Å². The van der Waals surface area contributed by atoms with Crippen molar-refractivity contribution in [3.05, 3.63) is 48.7 Å². The molecule has 0 amide bonds. The molecule has 1 aliphatic heterocycles. The summed E-state index contributed by atoms with van der Waals surface area (Å²) < 4.78 is 123. The molecule has 3 heterocycles. The minimum Gasteiger partial charge on any atom is -0.371 e. The number of benzene rings is 1. The summed E-state index contributed by atoms with van der Waals surface area (Å²) in [6.45, 7) is -7.31. The largest absolute Gasteiger partial charge is 0.416 e. The third kappa shape index (κ3) is 4.05. The van der Waals surface area contributed by atoms with Gasteiger partial charge in [0.15, 0.2) is 5.82 Å². The van der Waals surface area contributed by atoms with Crippen LogP contribution in [-0.4, -0.2) is 37.7 Å². The second-order valence-electron chi connectivity index (χ2n) is 5.40. The molecule has 0 aliphatic carbocycles. The van der Waals surface area contributed by atoms with Crippen molar-refractivity contribution in [1.29, 1.82) is 0 Å². The molecule has 1 N–H and O–H groups in total. The van der Waals surface area contributed by atoms with Gasteiger partial charge in [-0.15, -0.1) is 5.10 Å². The number of hydrogen-bond donors (Lipinski definition) is 1. The zero-order valence-electron chi connectivity index (χ0n) is 23.9. The Morgan fingerprint density at radius 1 is 1.07 bits per heavy atom. The summed E-state index contributed by atoms with van der Waals surface area (Å²) in [5.74, 6) is -0.0150. The Morgan fingerprint density at radius 2 is 1.89 bits per heavy atom. The molecule has 0 bridgehead atoms. The van der Waals surface area contributed by atoms with Gasteiger partial charge < -0.3 is 10.2 Å². The van der Waals surface area contributed by atoms with Gasteiger partial charge in [-0.1, -0.05) is 0 Å². The van der Waals surface area contributed by atoms with Crippen LogP contribution in [-0.2, 0) is 6.18 Å².